The maximum atomic E-state index is 12.6. The van der Waals surface area contributed by atoms with Crippen LogP contribution in [0.25, 0.3) is 0 Å². The van der Waals surface area contributed by atoms with Crippen molar-refractivity contribution in [3.63, 3.8) is 0 Å². The molecule has 0 aromatic heterocycles. The van der Waals surface area contributed by atoms with Gasteiger partial charge in [0, 0.05) is 37.5 Å². The molecule has 7 nitrogen and oxygen atoms in total. The summed E-state index contributed by atoms with van der Waals surface area (Å²) in [6.07, 6.45) is 0.710. The lowest BCUT2D eigenvalue weighted by molar-refractivity contribution is -0.384. The number of rotatable bonds is 4. The van der Waals surface area contributed by atoms with Gasteiger partial charge in [-0.1, -0.05) is 0 Å². The first kappa shape index (κ1) is 15.2. The zero-order valence-corrected chi connectivity index (χ0v) is 11.9. The zero-order chi connectivity index (χ0) is 15.4. The molecular weight excluding hydrogens is 274 g/mol. The number of nitrogens with one attached hydrogen (secondary N) is 1. The first-order valence-corrected chi connectivity index (χ1v) is 7.02. The third kappa shape index (κ3) is 3.49. The number of aliphatic hydroxyl groups is 1. The molecule has 7 heteroatoms. The predicted molar refractivity (Wildman–Crippen MR) is 78.4 cm³/mol. The van der Waals surface area contributed by atoms with Crippen molar-refractivity contribution in [2.75, 3.05) is 25.0 Å². The highest BCUT2D eigenvalue weighted by molar-refractivity contribution is 6.00. The van der Waals surface area contributed by atoms with Gasteiger partial charge in [0.1, 0.15) is 0 Å². The predicted octanol–water partition coefficient (Wildman–Crippen LogP) is 1.62. The number of hydrogen-bond acceptors (Lipinski definition) is 5. The van der Waals surface area contributed by atoms with Gasteiger partial charge >= 0.3 is 0 Å². The Kier molecular flexibility index (Phi) is 4.74. The summed E-state index contributed by atoms with van der Waals surface area (Å²) in [6.45, 7) is 3.45. The Morgan fingerprint density at radius 1 is 1.48 bits per heavy atom. The highest BCUT2D eigenvalue weighted by Gasteiger charge is 2.25. The summed E-state index contributed by atoms with van der Waals surface area (Å²) in [7, 11) is 0. The average Bonchev–Trinajstić information content (AvgIpc) is 2.48. The lowest BCUT2D eigenvalue weighted by atomic mass is 10.1. The van der Waals surface area contributed by atoms with Crippen molar-refractivity contribution in [3.05, 3.63) is 33.9 Å². The third-order valence-corrected chi connectivity index (χ3v) is 3.56. The number of hydrogen-bond donors (Lipinski definition) is 2. The van der Waals surface area contributed by atoms with Gasteiger partial charge in [0.05, 0.1) is 16.6 Å². The van der Waals surface area contributed by atoms with Crippen LogP contribution in [-0.2, 0) is 0 Å². The van der Waals surface area contributed by atoms with Gasteiger partial charge in [-0.2, -0.15) is 0 Å². The van der Waals surface area contributed by atoms with E-state index in [0.717, 1.165) is 0 Å². The van der Waals surface area contributed by atoms with Crippen molar-refractivity contribution in [2.24, 2.45) is 0 Å². The molecule has 2 rings (SSSR count). The molecule has 1 saturated heterocycles. The summed E-state index contributed by atoms with van der Waals surface area (Å²) in [4.78, 5) is 24.6. The first-order chi connectivity index (χ1) is 10.0. The van der Waals surface area contributed by atoms with Crippen LogP contribution in [0.2, 0.25) is 0 Å². The van der Waals surface area contributed by atoms with Gasteiger partial charge in [-0.05, 0) is 25.8 Å². The van der Waals surface area contributed by atoms with Gasteiger partial charge < -0.3 is 15.3 Å². The quantitative estimate of drug-likeness (QED) is 0.649. The van der Waals surface area contributed by atoms with E-state index in [4.69, 9.17) is 0 Å². The van der Waals surface area contributed by atoms with Crippen LogP contribution in [0.3, 0.4) is 0 Å². The van der Waals surface area contributed by atoms with Gasteiger partial charge in [-0.15, -0.1) is 0 Å². The minimum absolute atomic E-state index is 0.1000. The maximum Gasteiger partial charge on any atom is 0.270 e. The highest BCUT2D eigenvalue weighted by atomic mass is 16.6. The van der Waals surface area contributed by atoms with Crippen LogP contribution < -0.4 is 5.32 Å². The first-order valence-electron chi connectivity index (χ1n) is 7.02. The number of aliphatic hydroxyl groups excluding tert-OH is 1. The molecule has 0 atom stereocenters. The van der Waals surface area contributed by atoms with Gasteiger partial charge in [-0.25, -0.2) is 0 Å². The van der Waals surface area contributed by atoms with Crippen LogP contribution in [0, 0.1) is 10.1 Å². The average molecular weight is 293 g/mol. The number of nitrogens with zero attached hydrogens (tertiary/aromatic N) is 2. The molecule has 1 aromatic rings. The largest absolute Gasteiger partial charge is 0.393 e. The van der Waals surface area contributed by atoms with Gasteiger partial charge in [0.15, 0.2) is 0 Å². The summed E-state index contributed by atoms with van der Waals surface area (Å²) in [5.41, 5.74) is 0.804. The molecule has 114 valence electrons. The Hall–Kier alpha value is -2.15. The van der Waals surface area contributed by atoms with Crippen LogP contribution in [0.5, 0.6) is 0 Å². The molecule has 1 aromatic carbocycles. The van der Waals surface area contributed by atoms with Crippen LogP contribution in [0.1, 0.15) is 30.1 Å². The van der Waals surface area contributed by atoms with Crippen molar-refractivity contribution < 1.29 is 14.8 Å². The summed E-state index contributed by atoms with van der Waals surface area (Å²) >= 11 is 0. The molecule has 1 amide bonds. The van der Waals surface area contributed by atoms with E-state index in [1.165, 1.54) is 12.1 Å². The molecule has 1 fully saturated rings. The molecule has 0 unspecified atom stereocenters. The molecular formula is C14H19N3O4. The van der Waals surface area contributed by atoms with Crippen LogP contribution in [-0.4, -0.2) is 46.6 Å². The Balaban J connectivity index is 2.28. The SMILES string of the molecule is CCNc1ccc([N+](=O)[O-])cc1C(=O)N1CCC(O)CC1. The maximum absolute atomic E-state index is 12.6. The number of likely N-dealkylation sites (tertiary alicyclic amines) is 1. The second kappa shape index (κ2) is 6.53. The monoisotopic (exact) mass is 293 g/mol. The Labute approximate surface area is 122 Å². The fourth-order valence-corrected chi connectivity index (χ4v) is 2.41. The van der Waals surface area contributed by atoms with Crippen molar-refractivity contribution in [3.8, 4) is 0 Å². The fourth-order valence-electron chi connectivity index (χ4n) is 2.41. The van der Waals surface area contributed by atoms with E-state index in [1.54, 1.807) is 11.0 Å². The number of amides is 1. The minimum Gasteiger partial charge on any atom is -0.393 e. The van der Waals surface area contributed by atoms with E-state index >= 15 is 0 Å². The van der Waals surface area contributed by atoms with E-state index in [2.05, 4.69) is 5.32 Å². The Morgan fingerprint density at radius 2 is 2.14 bits per heavy atom. The second-order valence-corrected chi connectivity index (χ2v) is 5.04. The number of non-ortho nitro benzene ring substituents is 1. The topological polar surface area (TPSA) is 95.7 Å². The van der Waals surface area contributed by atoms with Crippen molar-refractivity contribution in [1.82, 2.24) is 4.90 Å². The van der Waals surface area contributed by atoms with Crippen molar-refractivity contribution in [2.45, 2.75) is 25.9 Å². The highest BCUT2D eigenvalue weighted by Crippen LogP contribution is 2.25. The van der Waals surface area contributed by atoms with Crippen LogP contribution in [0.15, 0.2) is 18.2 Å². The lowest BCUT2D eigenvalue weighted by Gasteiger charge is -2.30. The van der Waals surface area contributed by atoms with Crippen LogP contribution in [0.4, 0.5) is 11.4 Å². The Morgan fingerprint density at radius 3 is 2.71 bits per heavy atom. The number of carbonyl (C=O) groups excluding carboxylic acids is 1. The van der Waals surface area contributed by atoms with Crippen molar-refractivity contribution >= 4 is 17.3 Å². The summed E-state index contributed by atoms with van der Waals surface area (Å²) in [5.74, 6) is -0.235. The summed E-state index contributed by atoms with van der Waals surface area (Å²) in [6, 6.07) is 4.26. The molecule has 1 aliphatic rings. The van der Waals surface area contributed by atoms with Gasteiger partial charge in [-0.3, -0.25) is 14.9 Å². The number of piperidine rings is 1. The minimum atomic E-state index is -0.507. The van der Waals surface area contributed by atoms with Gasteiger partial charge in [0.2, 0.25) is 0 Å². The molecule has 1 aliphatic heterocycles. The second-order valence-electron chi connectivity index (χ2n) is 5.04. The van der Waals surface area contributed by atoms with Crippen molar-refractivity contribution in [1.29, 1.82) is 0 Å². The molecule has 0 bridgehead atoms. The number of benzene rings is 1. The normalized spacial score (nSPS) is 15.8. The smallest absolute Gasteiger partial charge is 0.270 e. The summed E-state index contributed by atoms with van der Waals surface area (Å²) < 4.78 is 0. The molecule has 0 radical (unpaired) electrons. The fraction of sp³-hybridized carbons (Fsp3) is 0.500. The number of carbonyl (C=O) groups is 1. The van der Waals surface area contributed by atoms with Gasteiger partial charge in [0.25, 0.3) is 11.6 Å². The van der Waals surface area contributed by atoms with Crippen LogP contribution >= 0.6 is 0 Å². The lowest BCUT2D eigenvalue weighted by Crippen LogP contribution is -2.40. The number of nitro groups is 1. The van der Waals surface area contributed by atoms with E-state index in [-0.39, 0.29) is 17.7 Å². The molecule has 2 N–H and O–H groups in total. The third-order valence-electron chi connectivity index (χ3n) is 3.56. The standard InChI is InChI=1S/C14H19N3O4/c1-2-15-13-4-3-10(17(20)21)9-12(13)14(19)16-7-5-11(18)6-8-16/h3-4,9,11,15,18H,2,5-8H2,1H3. The molecule has 21 heavy (non-hydrogen) atoms. The Bertz CT molecular complexity index is 539. The molecule has 1 heterocycles. The van der Waals surface area contributed by atoms with E-state index in [9.17, 15) is 20.0 Å². The van der Waals surface area contributed by atoms with E-state index in [1.807, 2.05) is 6.92 Å². The molecule has 0 aliphatic carbocycles. The summed E-state index contributed by atoms with van der Waals surface area (Å²) in [5, 5.41) is 23.4. The van der Waals surface area contributed by atoms with E-state index in [0.29, 0.717) is 43.7 Å². The zero-order valence-electron chi connectivity index (χ0n) is 11.9. The molecule has 0 spiro atoms. The number of anilines is 1. The molecule has 0 saturated carbocycles. The number of nitro benzene ring substituents is 1. The van der Waals surface area contributed by atoms with E-state index < -0.39 is 4.92 Å².